The zero-order chi connectivity index (χ0) is 13.2. The molecule has 0 saturated carbocycles. The molecule has 1 heterocycles. The molecule has 2 atom stereocenters. The quantitative estimate of drug-likeness (QED) is 0.855. The van der Waals surface area contributed by atoms with E-state index in [4.69, 9.17) is 4.74 Å². The largest absolute Gasteiger partial charge is 0.497 e. The molecule has 96 valence electrons. The van der Waals surface area contributed by atoms with Crippen molar-refractivity contribution >= 4 is 12.0 Å². The summed E-state index contributed by atoms with van der Waals surface area (Å²) in [7, 11) is 1.65. The molecule has 0 bridgehead atoms. The normalized spacial score (nSPS) is 20.5. The van der Waals surface area contributed by atoms with E-state index in [1.165, 1.54) is 0 Å². The lowest BCUT2D eigenvalue weighted by atomic mass is 9.88. The SMILES string of the molecule is COc1ccc2c(c1)[C@@H](c1ccccc1)[C@H](C=O)N2. The fourth-order valence-corrected chi connectivity index (χ4v) is 2.67. The standard InChI is InChI=1S/C16H15NO2/c1-19-12-7-8-14-13(9-12)16(15(10-18)17-14)11-5-3-2-4-6-11/h2-10,15-17H,1H3/t15-,16+/m0/s1. The number of carbonyl (C=O) groups is 1. The predicted molar refractivity (Wildman–Crippen MR) is 74.8 cm³/mol. The Hall–Kier alpha value is -2.29. The number of aldehydes is 1. The zero-order valence-corrected chi connectivity index (χ0v) is 10.7. The van der Waals surface area contributed by atoms with Gasteiger partial charge in [-0.15, -0.1) is 0 Å². The number of benzene rings is 2. The van der Waals surface area contributed by atoms with Crippen molar-refractivity contribution < 1.29 is 9.53 Å². The Balaban J connectivity index is 2.10. The highest BCUT2D eigenvalue weighted by atomic mass is 16.5. The molecule has 3 heteroatoms. The Morgan fingerprint density at radius 1 is 1.16 bits per heavy atom. The minimum atomic E-state index is -0.218. The molecule has 2 aromatic carbocycles. The van der Waals surface area contributed by atoms with Gasteiger partial charge in [0.25, 0.3) is 0 Å². The molecule has 0 spiro atoms. The van der Waals surface area contributed by atoms with E-state index in [-0.39, 0.29) is 12.0 Å². The molecule has 0 radical (unpaired) electrons. The van der Waals surface area contributed by atoms with Crippen molar-refractivity contribution in [3.8, 4) is 5.75 Å². The van der Waals surface area contributed by atoms with Crippen LogP contribution in [0.1, 0.15) is 17.0 Å². The molecular weight excluding hydrogens is 238 g/mol. The number of rotatable bonds is 3. The van der Waals surface area contributed by atoms with Gasteiger partial charge in [0.15, 0.2) is 0 Å². The van der Waals surface area contributed by atoms with E-state index >= 15 is 0 Å². The zero-order valence-electron chi connectivity index (χ0n) is 10.7. The van der Waals surface area contributed by atoms with Crippen LogP contribution in [0.3, 0.4) is 0 Å². The number of hydrogen-bond acceptors (Lipinski definition) is 3. The molecule has 1 aliphatic rings. The monoisotopic (exact) mass is 253 g/mol. The van der Waals surface area contributed by atoms with Crippen LogP contribution in [0.2, 0.25) is 0 Å². The van der Waals surface area contributed by atoms with Crippen LogP contribution in [-0.4, -0.2) is 19.4 Å². The maximum Gasteiger partial charge on any atom is 0.143 e. The highest BCUT2D eigenvalue weighted by Gasteiger charge is 2.33. The maximum atomic E-state index is 11.3. The third-order valence-corrected chi connectivity index (χ3v) is 3.58. The number of ether oxygens (including phenoxy) is 1. The van der Waals surface area contributed by atoms with E-state index in [0.717, 1.165) is 28.8 Å². The van der Waals surface area contributed by atoms with E-state index < -0.39 is 0 Å². The van der Waals surface area contributed by atoms with E-state index in [2.05, 4.69) is 17.4 Å². The molecule has 0 unspecified atom stereocenters. The maximum absolute atomic E-state index is 11.3. The van der Waals surface area contributed by atoms with Crippen molar-refractivity contribution in [2.45, 2.75) is 12.0 Å². The van der Waals surface area contributed by atoms with Crippen molar-refractivity contribution in [2.75, 3.05) is 12.4 Å². The summed E-state index contributed by atoms with van der Waals surface area (Å²) in [5.41, 5.74) is 3.26. The second-order valence-corrected chi connectivity index (χ2v) is 4.65. The number of hydrogen-bond donors (Lipinski definition) is 1. The fourth-order valence-electron chi connectivity index (χ4n) is 2.67. The highest BCUT2D eigenvalue weighted by Crippen LogP contribution is 2.41. The van der Waals surface area contributed by atoms with Crippen molar-refractivity contribution in [1.82, 2.24) is 0 Å². The van der Waals surface area contributed by atoms with Gasteiger partial charge in [-0.25, -0.2) is 0 Å². The smallest absolute Gasteiger partial charge is 0.143 e. The van der Waals surface area contributed by atoms with Crippen LogP contribution in [0.5, 0.6) is 5.75 Å². The van der Waals surface area contributed by atoms with Crippen LogP contribution >= 0.6 is 0 Å². The van der Waals surface area contributed by atoms with Crippen LogP contribution in [0, 0.1) is 0 Å². The first-order valence-corrected chi connectivity index (χ1v) is 6.28. The lowest BCUT2D eigenvalue weighted by Gasteiger charge is -2.15. The Kier molecular flexibility index (Phi) is 2.95. The number of nitrogens with one attached hydrogen (secondary N) is 1. The minimum Gasteiger partial charge on any atom is -0.497 e. The van der Waals surface area contributed by atoms with Crippen LogP contribution in [0.4, 0.5) is 5.69 Å². The van der Waals surface area contributed by atoms with Gasteiger partial charge in [0.1, 0.15) is 12.0 Å². The van der Waals surface area contributed by atoms with Gasteiger partial charge in [0, 0.05) is 11.6 Å². The van der Waals surface area contributed by atoms with Gasteiger partial charge in [0.05, 0.1) is 13.2 Å². The summed E-state index contributed by atoms with van der Waals surface area (Å²) in [6.45, 7) is 0. The summed E-state index contributed by atoms with van der Waals surface area (Å²) in [5, 5.41) is 3.26. The number of anilines is 1. The van der Waals surface area contributed by atoms with E-state index in [1.54, 1.807) is 7.11 Å². The molecule has 3 rings (SSSR count). The molecule has 3 nitrogen and oxygen atoms in total. The summed E-state index contributed by atoms with van der Waals surface area (Å²) in [6, 6.07) is 15.7. The first-order valence-electron chi connectivity index (χ1n) is 6.28. The number of fused-ring (bicyclic) bond motifs is 1. The van der Waals surface area contributed by atoms with Gasteiger partial charge in [-0.05, 0) is 29.3 Å². The van der Waals surface area contributed by atoms with E-state index in [0.29, 0.717) is 0 Å². The van der Waals surface area contributed by atoms with Gasteiger partial charge in [-0.1, -0.05) is 30.3 Å². The average molecular weight is 253 g/mol. The molecular formula is C16H15NO2. The summed E-state index contributed by atoms with van der Waals surface area (Å²) >= 11 is 0. The fraction of sp³-hybridized carbons (Fsp3) is 0.188. The summed E-state index contributed by atoms with van der Waals surface area (Å²) in [4.78, 5) is 11.3. The molecule has 0 aromatic heterocycles. The van der Waals surface area contributed by atoms with Crippen LogP contribution < -0.4 is 10.1 Å². The third kappa shape index (κ3) is 1.97. The van der Waals surface area contributed by atoms with Crippen molar-refractivity contribution in [3.05, 3.63) is 59.7 Å². The second-order valence-electron chi connectivity index (χ2n) is 4.65. The Morgan fingerprint density at radius 2 is 1.95 bits per heavy atom. The van der Waals surface area contributed by atoms with Crippen LogP contribution in [0.15, 0.2) is 48.5 Å². The van der Waals surface area contributed by atoms with E-state index in [9.17, 15) is 4.79 Å². The average Bonchev–Trinajstić information content (AvgIpc) is 2.85. The number of methoxy groups -OCH3 is 1. The molecule has 19 heavy (non-hydrogen) atoms. The minimum absolute atomic E-state index is 0.0452. The Labute approximate surface area is 112 Å². The molecule has 0 saturated heterocycles. The Morgan fingerprint density at radius 3 is 2.63 bits per heavy atom. The van der Waals surface area contributed by atoms with Crippen molar-refractivity contribution in [1.29, 1.82) is 0 Å². The number of carbonyl (C=O) groups excluding carboxylic acids is 1. The topological polar surface area (TPSA) is 38.3 Å². The first-order chi connectivity index (χ1) is 9.33. The van der Waals surface area contributed by atoms with Crippen LogP contribution in [-0.2, 0) is 4.79 Å². The van der Waals surface area contributed by atoms with Gasteiger partial charge in [-0.2, -0.15) is 0 Å². The second kappa shape index (κ2) is 4.76. The predicted octanol–water partition coefficient (Wildman–Crippen LogP) is 2.82. The van der Waals surface area contributed by atoms with Crippen molar-refractivity contribution in [2.24, 2.45) is 0 Å². The lowest BCUT2D eigenvalue weighted by Crippen LogP contribution is -2.22. The summed E-state index contributed by atoms with van der Waals surface area (Å²) in [5.74, 6) is 0.858. The van der Waals surface area contributed by atoms with Gasteiger partial charge >= 0.3 is 0 Å². The molecule has 2 aromatic rings. The molecule has 0 amide bonds. The third-order valence-electron chi connectivity index (χ3n) is 3.58. The summed E-state index contributed by atoms with van der Waals surface area (Å²) < 4.78 is 5.28. The Bertz CT molecular complexity index is 595. The molecule has 1 aliphatic heterocycles. The van der Waals surface area contributed by atoms with E-state index in [1.807, 2.05) is 36.4 Å². The molecule has 1 N–H and O–H groups in total. The summed E-state index contributed by atoms with van der Waals surface area (Å²) in [6.07, 6.45) is 0.976. The highest BCUT2D eigenvalue weighted by molar-refractivity contribution is 5.76. The van der Waals surface area contributed by atoms with Gasteiger partial charge in [-0.3, -0.25) is 0 Å². The molecule has 0 fully saturated rings. The first kappa shape index (κ1) is 11.8. The van der Waals surface area contributed by atoms with Gasteiger partial charge < -0.3 is 14.8 Å². The lowest BCUT2D eigenvalue weighted by molar-refractivity contribution is -0.108. The van der Waals surface area contributed by atoms with Crippen molar-refractivity contribution in [3.63, 3.8) is 0 Å². The van der Waals surface area contributed by atoms with Gasteiger partial charge in [0.2, 0.25) is 0 Å². The van der Waals surface area contributed by atoms with Crippen LogP contribution in [0.25, 0.3) is 0 Å². The molecule has 0 aliphatic carbocycles.